The molecule has 0 amide bonds. The number of hydrogen-bond donors (Lipinski definition) is 2. The fourth-order valence-electron chi connectivity index (χ4n) is 6.61. The Kier molecular flexibility index (Phi) is 4.94. The van der Waals surface area contributed by atoms with Crippen molar-refractivity contribution in [2.75, 3.05) is 33.7 Å². The number of likely N-dealkylation sites (tertiary alicyclic amines) is 1. The summed E-state index contributed by atoms with van der Waals surface area (Å²) in [6.07, 6.45) is 8.61. The van der Waals surface area contributed by atoms with Crippen molar-refractivity contribution in [3.63, 3.8) is 0 Å². The molecule has 0 radical (unpaired) electrons. The zero-order valence-electron chi connectivity index (χ0n) is 17.0. The molecule has 0 bridgehead atoms. The largest absolute Gasteiger partial charge is 0.462 e. The van der Waals surface area contributed by atoms with Crippen molar-refractivity contribution in [2.45, 2.75) is 64.0 Å². The van der Waals surface area contributed by atoms with Crippen molar-refractivity contribution in [3.05, 3.63) is 12.2 Å². The van der Waals surface area contributed by atoms with Gasteiger partial charge in [0.25, 0.3) is 0 Å². The van der Waals surface area contributed by atoms with Crippen LogP contribution >= 0.6 is 0 Å². The molecule has 4 rings (SSSR count). The third-order valence-electron chi connectivity index (χ3n) is 8.40. The van der Waals surface area contributed by atoms with E-state index < -0.39 is 0 Å². The number of carbonyl (C=O) groups is 1. The minimum atomic E-state index is 0.0887. The van der Waals surface area contributed by atoms with Crippen molar-refractivity contribution < 1.29 is 19.3 Å². The monoisotopic (exact) mass is 362 g/mol. The first kappa shape index (κ1) is 18.5. The van der Waals surface area contributed by atoms with E-state index in [0.717, 1.165) is 19.4 Å². The SMILES string of the molecule is C=C1CCC[C@@]2(C)C[C@H]3OC(=O)[C@@H](C[NH+](C)C4CC[NH+](C)CC4)[C@@H]3C[C@@H]12. The lowest BCUT2D eigenvalue weighted by molar-refractivity contribution is -0.941. The van der Waals surface area contributed by atoms with Gasteiger partial charge in [0.1, 0.15) is 12.0 Å². The van der Waals surface area contributed by atoms with Crippen LogP contribution < -0.4 is 9.80 Å². The Bertz CT molecular complexity index is 568. The fourth-order valence-corrected chi connectivity index (χ4v) is 6.61. The van der Waals surface area contributed by atoms with Crippen molar-refractivity contribution in [1.82, 2.24) is 0 Å². The summed E-state index contributed by atoms with van der Waals surface area (Å²) < 4.78 is 5.95. The predicted molar refractivity (Wildman–Crippen MR) is 102 cm³/mol. The highest BCUT2D eigenvalue weighted by molar-refractivity contribution is 5.75. The van der Waals surface area contributed by atoms with E-state index in [-0.39, 0.29) is 18.0 Å². The summed E-state index contributed by atoms with van der Waals surface area (Å²) in [5, 5.41) is 0. The van der Waals surface area contributed by atoms with Gasteiger partial charge in [0.05, 0.1) is 39.8 Å². The van der Waals surface area contributed by atoms with E-state index in [9.17, 15) is 4.79 Å². The Morgan fingerprint density at radius 2 is 2.08 bits per heavy atom. The van der Waals surface area contributed by atoms with Crippen LogP contribution in [-0.4, -0.2) is 51.8 Å². The lowest BCUT2D eigenvalue weighted by Gasteiger charge is -2.50. The van der Waals surface area contributed by atoms with Gasteiger partial charge < -0.3 is 14.5 Å². The minimum absolute atomic E-state index is 0.0887. The molecule has 2 heterocycles. The van der Waals surface area contributed by atoms with E-state index in [0.29, 0.717) is 23.3 Å². The van der Waals surface area contributed by atoms with Crippen LogP contribution in [0.25, 0.3) is 0 Å². The zero-order chi connectivity index (χ0) is 18.5. The molecule has 4 fully saturated rings. The number of esters is 1. The number of nitrogens with one attached hydrogen (secondary N) is 2. The van der Waals surface area contributed by atoms with Gasteiger partial charge >= 0.3 is 5.97 Å². The second kappa shape index (κ2) is 6.94. The zero-order valence-corrected chi connectivity index (χ0v) is 17.0. The summed E-state index contributed by atoms with van der Waals surface area (Å²) >= 11 is 0. The summed E-state index contributed by atoms with van der Waals surface area (Å²) in [5.41, 5.74) is 1.75. The Labute approximate surface area is 158 Å². The Morgan fingerprint density at radius 3 is 2.81 bits per heavy atom. The lowest BCUT2D eigenvalue weighted by atomic mass is 9.55. The number of carbonyl (C=O) groups excluding carboxylic acids is 1. The van der Waals surface area contributed by atoms with Gasteiger partial charge in [0.2, 0.25) is 0 Å². The van der Waals surface area contributed by atoms with Gasteiger partial charge in [-0.25, -0.2) is 0 Å². The van der Waals surface area contributed by atoms with Gasteiger partial charge in [-0.15, -0.1) is 0 Å². The highest BCUT2D eigenvalue weighted by Crippen LogP contribution is 2.56. The van der Waals surface area contributed by atoms with Crippen LogP contribution in [0.4, 0.5) is 0 Å². The number of ether oxygens (including phenoxy) is 1. The molecular formula is C22H38N2O2+2. The molecule has 0 aromatic rings. The quantitative estimate of drug-likeness (QED) is 0.566. The highest BCUT2D eigenvalue weighted by Gasteiger charge is 2.56. The topological polar surface area (TPSA) is 35.2 Å². The summed E-state index contributed by atoms with van der Waals surface area (Å²) in [7, 11) is 4.60. The Morgan fingerprint density at radius 1 is 1.35 bits per heavy atom. The molecular weight excluding hydrogens is 324 g/mol. The molecule has 4 heteroatoms. The Balaban J connectivity index is 1.44. The predicted octanol–water partition coefficient (Wildman–Crippen LogP) is 0.492. The molecule has 2 saturated carbocycles. The van der Waals surface area contributed by atoms with Gasteiger partial charge in [0, 0.05) is 18.8 Å². The molecule has 2 aliphatic carbocycles. The second-order valence-corrected chi connectivity index (χ2v) is 10.2. The molecule has 2 N–H and O–H groups in total. The normalized spacial score (nSPS) is 47.0. The van der Waals surface area contributed by atoms with Gasteiger partial charge in [-0.1, -0.05) is 19.1 Å². The molecule has 4 nitrogen and oxygen atoms in total. The molecule has 4 aliphatic rings. The molecule has 6 atom stereocenters. The smallest absolute Gasteiger partial charge is 0.315 e. The van der Waals surface area contributed by atoms with E-state index in [1.807, 2.05) is 0 Å². The van der Waals surface area contributed by atoms with Crippen molar-refractivity contribution >= 4 is 5.97 Å². The minimum Gasteiger partial charge on any atom is -0.462 e. The maximum Gasteiger partial charge on any atom is 0.315 e. The van der Waals surface area contributed by atoms with Crippen molar-refractivity contribution in [1.29, 1.82) is 0 Å². The standard InChI is InChI=1S/C22H36N2O2/c1-15-6-5-9-22(2)13-20-17(12-19(15)22)18(21(25)26-20)14-24(4)16-7-10-23(3)11-8-16/h16-20H,1,5-14H2,2-4H3/p+2/t17-,18-,19-,20+,22-/m0/s1. The maximum atomic E-state index is 12.7. The first-order chi connectivity index (χ1) is 12.4. The average Bonchev–Trinajstić information content (AvgIpc) is 2.88. The van der Waals surface area contributed by atoms with Crippen LogP contribution in [0.2, 0.25) is 0 Å². The number of rotatable bonds is 3. The van der Waals surface area contributed by atoms with E-state index in [1.54, 1.807) is 9.80 Å². The molecule has 0 spiro atoms. The van der Waals surface area contributed by atoms with E-state index >= 15 is 0 Å². The van der Waals surface area contributed by atoms with Crippen LogP contribution in [0.1, 0.15) is 51.9 Å². The lowest BCUT2D eigenvalue weighted by Crippen LogP contribution is -3.18. The van der Waals surface area contributed by atoms with Crippen LogP contribution in [0.15, 0.2) is 12.2 Å². The van der Waals surface area contributed by atoms with Gasteiger partial charge in [-0.2, -0.15) is 0 Å². The highest BCUT2D eigenvalue weighted by atomic mass is 16.6. The van der Waals surface area contributed by atoms with Crippen LogP contribution in [0.5, 0.6) is 0 Å². The number of fused-ring (bicyclic) bond motifs is 2. The van der Waals surface area contributed by atoms with Gasteiger partial charge in [-0.3, -0.25) is 4.79 Å². The molecule has 146 valence electrons. The van der Waals surface area contributed by atoms with E-state index in [1.165, 1.54) is 50.8 Å². The molecule has 2 aliphatic heterocycles. The first-order valence-electron chi connectivity index (χ1n) is 10.9. The van der Waals surface area contributed by atoms with Gasteiger partial charge in [0.15, 0.2) is 0 Å². The number of quaternary nitrogens is 2. The Hall–Kier alpha value is -0.870. The molecule has 0 aromatic heterocycles. The summed E-state index contributed by atoms with van der Waals surface area (Å²) in [4.78, 5) is 15.9. The number of piperidine rings is 1. The summed E-state index contributed by atoms with van der Waals surface area (Å²) in [5.74, 6) is 1.21. The molecule has 0 aromatic carbocycles. The first-order valence-corrected chi connectivity index (χ1v) is 10.9. The van der Waals surface area contributed by atoms with Crippen molar-refractivity contribution in [2.24, 2.45) is 23.2 Å². The van der Waals surface area contributed by atoms with Crippen LogP contribution in [0, 0.1) is 23.2 Å². The van der Waals surface area contributed by atoms with Gasteiger partial charge in [-0.05, 0) is 43.4 Å². The summed E-state index contributed by atoms with van der Waals surface area (Å²) in [6.45, 7) is 10.3. The number of hydrogen-bond acceptors (Lipinski definition) is 2. The third-order valence-corrected chi connectivity index (χ3v) is 8.40. The maximum absolute atomic E-state index is 12.7. The molecule has 26 heavy (non-hydrogen) atoms. The average molecular weight is 363 g/mol. The van der Waals surface area contributed by atoms with Crippen LogP contribution in [-0.2, 0) is 9.53 Å². The van der Waals surface area contributed by atoms with E-state index in [2.05, 4.69) is 27.6 Å². The van der Waals surface area contributed by atoms with E-state index in [4.69, 9.17) is 4.74 Å². The molecule has 1 unspecified atom stereocenters. The number of allylic oxidation sites excluding steroid dienone is 1. The fraction of sp³-hybridized carbons (Fsp3) is 0.864. The third kappa shape index (κ3) is 3.24. The second-order valence-electron chi connectivity index (χ2n) is 10.2. The van der Waals surface area contributed by atoms with Crippen LogP contribution in [0.3, 0.4) is 0 Å². The summed E-state index contributed by atoms with van der Waals surface area (Å²) in [6, 6.07) is 0.712. The molecule has 2 saturated heterocycles. The van der Waals surface area contributed by atoms with Crippen molar-refractivity contribution in [3.8, 4) is 0 Å².